The largest absolute Gasteiger partial charge is 0.573 e. The van der Waals surface area contributed by atoms with Crippen molar-refractivity contribution in [1.82, 2.24) is 20.1 Å². The summed E-state index contributed by atoms with van der Waals surface area (Å²) >= 11 is 0.985. The van der Waals surface area contributed by atoms with E-state index < -0.39 is 54.0 Å². The zero-order valence-corrected chi connectivity index (χ0v) is 24.8. The van der Waals surface area contributed by atoms with Gasteiger partial charge < -0.3 is 24.7 Å². The number of unbranched alkanes of at least 4 members (excludes halogenated alkanes) is 1. The van der Waals surface area contributed by atoms with Gasteiger partial charge in [-0.05, 0) is 54.8 Å². The third kappa shape index (κ3) is 11.4. The third-order valence-corrected chi connectivity index (χ3v) is 7.15. The van der Waals surface area contributed by atoms with Crippen LogP contribution >= 0.6 is 11.3 Å². The molecule has 2 aromatic heterocycles. The molecule has 0 saturated heterocycles. The Morgan fingerprint density at radius 3 is 2.32 bits per heavy atom. The van der Waals surface area contributed by atoms with Crippen LogP contribution in [0.2, 0.25) is 0 Å². The summed E-state index contributed by atoms with van der Waals surface area (Å²) in [4.78, 5) is 37.3. The number of ether oxygens (including phenoxy) is 2. The minimum Gasteiger partial charge on any atom is -0.406 e. The van der Waals surface area contributed by atoms with E-state index in [4.69, 9.17) is 0 Å². The minimum absolute atomic E-state index is 0.0284. The maximum absolute atomic E-state index is 14.0. The van der Waals surface area contributed by atoms with E-state index in [0.29, 0.717) is 30.8 Å². The van der Waals surface area contributed by atoms with Crippen molar-refractivity contribution in [2.45, 2.75) is 51.5 Å². The fraction of sp³-hybridized carbons (Fsp3) is 0.276. The second-order valence-corrected chi connectivity index (χ2v) is 10.9. The molecule has 0 fully saturated rings. The number of benzene rings is 2. The van der Waals surface area contributed by atoms with Gasteiger partial charge in [-0.25, -0.2) is 4.39 Å². The maximum atomic E-state index is 14.0. The van der Waals surface area contributed by atoms with Crippen LogP contribution < -0.4 is 25.7 Å². The fourth-order valence-corrected chi connectivity index (χ4v) is 4.95. The summed E-state index contributed by atoms with van der Waals surface area (Å²) in [5.41, 5.74) is -0.131. The summed E-state index contributed by atoms with van der Waals surface area (Å²) in [5.74, 6) is -3.17. The van der Waals surface area contributed by atoms with Gasteiger partial charge in [0.25, 0.3) is 11.5 Å². The molecular weight excluding hydrogens is 663 g/mol. The molecule has 0 aliphatic heterocycles. The molecular formula is C29H24F7N5O5S. The second kappa shape index (κ2) is 15.1. The Morgan fingerprint density at radius 2 is 1.62 bits per heavy atom. The lowest BCUT2D eigenvalue weighted by atomic mass is 10.1. The van der Waals surface area contributed by atoms with E-state index in [9.17, 15) is 45.1 Å². The van der Waals surface area contributed by atoms with Crippen LogP contribution in [0.1, 0.15) is 38.8 Å². The number of aromatic nitrogens is 3. The average molecular weight is 688 g/mol. The molecule has 10 nitrogen and oxygen atoms in total. The molecule has 47 heavy (non-hydrogen) atoms. The van der Waals surface area contributed by atoms with Crippen LogP contribution in [-0.4, -0.2) is 39.3 Å². The zero-order chi connectivity index (χ0) is 34.2. The summed E-state index contributed by atoms with van der Waals surface area (Å²) in [7, 11) is 0. The van der Waals surface area contributed by atoms with Crippen molar-refractivity contribution in [3.8, 4) is 11.5 Å². The van der Waals surface area contributed by atoms with Crippen molar-refractivity contribution in [2.75, 3.05) is 5.32 Å². The van der Waals surface area contributed by atoms with Gasteiger partial charge in [0, 0.05) is 43.0 Å². The summed E-state index contributed by atoms with van der Waals surface area (Å²) in [6.45, 7) is -0.0889. The van der Waals surface area contributed by atoms with E-state index in [2.05, 4.69) is 30.3 Å². The van der Waals surface area contributed by atoms with Crippen molar-refractivity contribution in [3.05, 3.63) is 98.1 Å². The molecule has 0 aliphatic rings. The Hall–Kier alpha value is -5.00. The van der Waals surface area contributed by atoms with Gasteiger partial charge in [0.05, 0.1) is 6.42 Å². The number of halogens is 7. The van der Waals surface area contributed by atoms with Gasteiger partial charge in [-0.1, -0.05) is 23.5 Å². The van der Waals surface area contributed by atoms with Gasteiger partial charge in [-0.3, -0.25) is 14.4 Å². The molecule has 0 spiro atoms. The van der Waals surface area contributed by atoms with Crippen LogP contribution in [0, 0.1) is 5.82 Å². The molecule has 18 heteroatoms. The number of alkyl halides is 6. The topological polar surface area (TPSA) is 124 Å². The standard InChI is InChI=1S/C29H24F7N5O5S/c30-22-8-7-21(46-29(34,35)36)14-18(22)16-37-26(44)27-40-39-24(47-27)6-1-2-10-41-11-9-19(15-25(41)43)38-23(42)13-17-4-3-5-20(12-17)45-28(31,32)33/h3-5,7-9,11-12,14-15H,1-2,6,10,13,16H2,(H,37,44)(H,38,42). The van der Waals surface area contributed by atoms with Crippen molar-refractivity contribution in [2.24, 2.45) is 0 Å². The Morgan fingerprint density at radius 1 is 0.894 bits per heavy atom. The first-order chi connectivity index (χ1) is 22.1. The summed E-state index contributed by atoms with van der Waals surface area (Å²) in [5, 5.41) is 13.1. The Balaban J connectivity index is 1.21. The van der Waals surface area contributed by atoms with E-state index >= 15 is 0 Å². The highest BCUT2D eigenvalue weighted by Gasteiger charge is 2.32. The number of amides is 2. The van der Waals surface area contributed by atoms with Gasteiger partial charge in [0.2, 0.25) is 10.9 Å². The van der Waals surface area contributed by atoms with Crippen LogP contribution in [0.25, 0.3) is 0 Å². The number of hydrogen-bond donors (Lipinski definition) is 2. The molecule has 0 aliphatic carbocycles. The van der Waals surface area contributed by atoms with Crippen LogP contribution in [0.4, 0.5) is 36.4 Å². The number of hydrogen-bond acceptors (Lipinski definition) is 8. The first-order valence-electron chi connectivity index (χ1n) is 13.6. The maximum Gasteiger partial charge on any atom is 0.573 e. The first kappa shape index (κ1) is 34.9. The third-order valence-electron chi connectivity index (χ3n) is 6.17. The molecule has 0 radical (unpaired) electrons. The van der Waals surface area contributed by atoms with Crippen LogP contribution in [0.5, 0.6) is 11.5 Å². The van der Waals surface area contributed by atoms with Gasteiger partial charge >= 0.3 is 12.7 Å². The number of carbonyl (C=O) groups excluding carboxylic acids is 2. The average Bonchev–Trinajstić information content (AvgIpc) is 3.44. The van der Waals surface area contributed by atoms with Crippen molar-refractivity contribution in [3.63, 3.8) is 0 Å². The Bertz CT molecular complexity index is 1770. The Kier molecular flexibility index (Phi) is 11.2. The molecule has 0 bridgehead atoms. The molecule has 0 saturated carbocycles. The van der Waals surface area contributed by atoms with E-state index in [-0.39, 0.29) is 28.2 Å². The van der Waals surface area contributed by atoms with Crippen LogP contribution in [-0.2, 0) is 30.7 Å². The molecule has 250 valence electrons. The Labute approximate surface area is 265 Å². The molecule has 2 aromatic carbocycles. The number of rotatable bonds is 13. The second-order valence-electron chi connectivity index (χ2n) is 9.81. The van der Waals surface area contributed by atoms with E-state index in [1.54, 1.807) is 0 Å². The number of carbonyl (C=O) groups is 2. The highest BCUT2D eigenvalue weighted by Crippen LogP contribution is 2.25. The molecule has 4 rings (SSSR count). The lowest BCUT2D eigenvalue weighted by Crippen LogP contribution is -2.23. The molecule has 2 N–H and O–H groups in total. The summed E-state index contributed by atoms with van der Waals surface area (Å²) in [6.07, 6.45) is -7.06. The predicted molar refractivity (Wildman–Crippen MR) is 153 cm³/mol. The quantitative estimate of drug-likeness (QED) is 0.135. The SMILES string of the molecule is O=C(Cc1cccc(OC(F)(F)F)c1)Nc1ccn(CCCCc2nnc(C(=O)NCc3cc(OC(F)(F)F)ccc3F)s2)c(=O)c1. The molecule has 2 amide bonds. The van der Waals surface area contributed by atoms with Crippen molar-refractivity contribution < 1.29 is 49.8 Å². The summed E-state index contributed by atoms with van der Waals surface area (Å²) in [6, 6.07) is 10.1. The number of anilines is 1. The predicted octanol–water partition coefficient (Wildman–Crippen LogP) is 5.77. The highest BCUT2D eigenvalue weighted by molar-refractivity contribution is 7.13. The van der Waals surface area contributed by atoms with Crippen molar-refractivity contribution in [1.29, 1.82) is 0 Å². The van der Waals surface area contributed by atoms with Crippen molar-refractivity contribution >= 4 is 28.8 Å². The van der Waals surface area contributed by atoms with E-state index in [1.165, 1.54) is 35.0 Å². The van der Waals surface area contributed by atoms with Gasteiger partial charge in [-0.2, -0.15) is 0 Å². The lowest BCUT2D eigenvalue weighted by molar-refractivity contribution is -0.275. The van der Waals surface area contributed by atoms with E-state index in [1.807, 2.05) is 0 Å². The first-order valence-corrected chi connectivity index (χ1v) is 14.4. The van der Waals surface area contributed by atoms with Gasteiger partial charge in [0.1, 0.15) is 22.3 Å². The summed E-state index contributed by atoms with van der Waals surface area (Å²) < 4.78 is 97.6. The normalized spacial score (nSPS) is 11.6. The molecule has 2 heterocycles. The van der Waals surface area contributed by atoms with Crippen LogP contribution in [0.3, 0.4) is 0 Å². The smallest absolute Gasteiger partial charge is 0.406 e. The zero-order valence-electron chi connectivity index (χ0n) is 24.0. The lowest BCUT2D eigenvalue weighted by Gasteiger charge is -2.11. The number of pyridine rings is 1. The van der Waals surface area contributed by atoms with Crippen LogP contribution in [0.15, 0.2) is 65.6 Å². The number of nitrogens with one attached hydrogen (secondary N) is 2. The van der Waals surface area contributed by atoms with Gasteiger partial charge in [0.15, 0.2) is 0 Å². The number of nitrogens with zero attached hydrogens (tertiary/aromatic N) is 3. The molecule has 4 aromatic rings. The monoisotopic (exact) mass is 687 g/mol. The molecule has 0 atom stereocenters. The number of aryl methyl sites for hydroxylation is 2. The van der Waals surface area contributed by atoms with Gasteiger partial charge in [-0.15, -0.1) is 36.5 Å². The fourth-order valence-electron chi connectivity index (χ4n) is 4.15. The minimum atomic E-state index is -4.96. The van der Waals surface area contributed by atoms with E-state index in [0.717, 1.165) is 41.7 Å². The molecule has 0 unspecified atom stereocenters. The highest BCUT2D eigenvalue weighted by atomic mass is 32.1.